The predicted octanol–water partition coefficient (Wildman–Crippen LogP) is 2.81. The Bertz CT molecular complexity index is 759. The Kier molecular flexibility index (Phi) is 9.67. The second-order valence-corrected chi connectivity index (χ2v) is 6.81. The SMILES string of the molecule is CC(C)CC(=O)NC(C)c1ccc(/C(N)=N/N)cc1.OCc1ccc(F)cc1. The number of nitrogens with one attached hydrogen (secondary N) is 1. The highest BCUT2D eigenvalue weighted by atomic mass is 19.1. The van der Waals surface area contributed by atoms with E-state index in [1.165, 1.54) is 12.1 Å². The van der Waals surface area contributed by atoms with Crippen molar-refractivity contribution in [3.8, 4) is 0 Å². The number of halogens is 1. The first-order chi connectivity index (χ1) is 13.3. The van der Waals surface area contributed by atoms with Gasteiger partial charge in [0.25, 0.3) is 0 Å². The van der Waals surface area contributed by atoms with Gasteiger partial charge in [0.05, 0.1) is 12.6 Å². The molecule has 0 fully saturated rings. The van der Waals surface area contributed by atoms with E-state index >= 15 is 0 Å². The van der Waals surface area contributed by atoms with Crippen molar-refractivity contribution in [1.29, 1.82) is 0 Å². The highest BCUT2D eigenvalue weighted by molar-refractivity contribution is 5.97. The number of aliphatic hydroxyl groups excluding tert-OH is 1. The van der Waals surface area contributed by atoms with E-state index in [1.54, 1.807) is 12.1 Å². The summed E-state index contributed by atoms with van der Waals surface area (Å²) in [5.74, 6) is 5.56. The third-order valence-electron chi connectivity index (χ3n) is 3.91. The number of aliphatic hydroxyl groups is 1. The molecule has 0 aliphatic rings. The number of carbonyl (C=O) groups is 1. The normalized spacial score (nSPS) is 12.1. The highest BCUT2D eigenvalue weighted by Crippen LogP contribution is 2.14. The van der Waals surface area contributed by atoms with Crippen molar-refractivity contribution < 1.29 is 14.3 Å². The average molecular weight is 388 g/mol. The zero-order valence-corrected chi connectivity index (χ0v) is 16.5. The summed E-state index contributed by atoms with van der Waals surface area (Å²) in [5, 5.41) is 14.9. The lowest BCUT2D eigenvalue weighted by molar-refractivity contribution is -0.122. The van der Waals surface area contributed by atoms with E-state index in [2.05, 4.69) is 10.4 Å². The number of benzene rings is 2. The number of hydrazone groups is 1. The minimum absolute atomic E-state index is 0.0275. The Hall–Kier alpha value is -2.93. The number of hydrogen-bond acceptors (Lipinski definition) is 4. The number of rotatable bonds is 6. The van der Waals surface area contributed by atoms with E-state index in [1.807, 2.05) is 45.0 Å². The molecule has 0 saturated heterocycles. The number of nitrogens with two attached hydrogens (primary N) is 2. The highest BCUT2D eigenvalue weighted by Gasteiger charge is 2.11. The Morgan fingerprint density at radius 1 is 1.11 bits per heavy atom. The minimum atomic E-state index is -0.271. The first-order valence-electron chi connectivity index (χ1n) is 9.05. The lowest BCUT2D eigenvalue weighted by Crippen LogP contribution is -2.27. The van der Waals surface area contributed by atoms with Gasteiger partial charge < -0.3 is 22.0 Å². The molecule has 7 heteroatoms. The molecule has 1 atom stereocenters. The third-order valence-corrected chi connectivity index (χ3v) is 3.91. The molecular weight excluding hydrogens is 359 g/mol. The number of nitrogens with zero attached hydrogens (tertiary/aromatic N) is 1. The number of hydrogen-bond donors (Lipinski definition) is 4. The van der Waals surface area contributed by atoms with E-state index < -0.39 is 0 Å². The summed E-state index contributed by atoms with van der Waals surface area (Å²) in [5.41, 5.74) is 8.13. The molecule has 0 aromatic heterocycles. The first-order valence-corrected chi connectivity index (χ1v) is 9.05. The minimum Gasteiger partial charge on any atom is -0.392 e. The molecule has 0 spiro atoms. The van der Waals surface area contributed by atoms with Crippen LogP contribution >= 0.6 is 0 Å². The maximum atomic E-state index is 12.1. The molecule has 6 nitrogen and oxygen atoms in total. The van der Waals surface area contributed by atoms with Crippen molar-refractivity contribution in [2.24, 2.45) is 22.6 Å². The Morgan fingerprint density at radius 3 is 2.14 bits per heavy atom. The molecule has 2 aromatic rings. The van der Waals surface area contributed by atoms with Gasteiger partial charge in [-0.2, -0.15) is 5.10 Å². The number of amides is 1. The van der Waals surface area contributed by atoms with Gasteiger partial charge in [-0.15, -0.1) is 0 Å². The van der Waals surface area contributed by atoms with Crippen LogP contribution < -0.4 is 16.9 Å². The molecular formula is C21H29FN4O2. The van der Waals surface area contributed by atoms with Gasteiger partial charge in [0.1, 0.15) is 11.7 Å². The van der Waals surface area contributed by atoms with Crippen molar-refractivity contribution in [3.63, 3.8) is 0 Å². The Morgan fingerprint density at radius 2 is 1.68 bits per heavy atom. The van der Waals surface area contributed by atoms with E-state index in [0.717, 1.165) is 16.7 Å². The van der Waals surface area contributed by atoms with E-state index in [-0.39, 0.29) is 24.4 Å². The summed E-state index contributed by atoms with van der Waals surface area (Å²) in [7, 11) is 0. The van der Waals surface area contributed by atoms with Crippen molar-refractivity contribution in [3.05, 3.63) is 71.0 Å². The average Bonchev–Trinajstić information content (AvgIpc) is 2.68. The van der Waals surface area contributed by atoms with Crippen LogP contribution in [-0.2, 0) is 11.4 Å². The van der Waals surface area contributed by atoms with E-state index in [4.69, 9.17) is 16.7 Å². The molecule has 28 heavy (non-hydrogen) atoms. The van der Waals surface area contributed by atoms with Crippen LogP contribution in [0.4, 0.5) is 4.39 Å². The maximum Gasteiger partial charge on any atom is 0.220 e. The van der Waals surface area contributed by atoms with Gasteiger partial charge in [-0.05, 0) is 36.1 Å². The zero-order chi connectivity index (χ0) is 21.1. The predicted molar refractivity (Wildman–Crippen MR) is 110 cm³/mol. The lowest BCUT2D eigenvalue weighted by atomic mass is 10.0. The fraction of sp³-hybridized carbons (Fsp3) is 0.333. The summed E-state index contributed by atoms with van der Waals surface area (Å²) >= 11 is 0. The first kappa shape index (κ1) is 23.1. The molecule has 2 aromatic carbocycles. The second kappa shape index (κ2) is 11.7. The van der Waals surface area contributed by atoms with Gasteiger partial charge in [0, 0.05) is 12.0 Å². The maximum absolute atomic E-state index is 12.1. The van der Waals surface area contributed by atoms with Crippen LogP contribution in [0.5, 0.6) is 0 Å². The summed E-state index contributed by atoms with van der Waals surface area (Å²) < 4.78 is 12.1. The second-order valence-electron chi connectivity index (χ2n) is 6.81. The topological polar surface area (TPSA) is 114 Å². The molecule has 1 amide bonds. The lowest BCUT2D eigenvalue weighted by Gasteiger charge is -2.15. The van der Waals surface area contributed by atoms with Gasteiger partial charge in [0.15, 0.2) is 0 Å². The summed E-state index contributed by atoms with van der Waals surface area (Å²) in [4.78, 5) is 11.7. The van der Waals surface area contributed by atoms with Crippen molar-refractivity contribution in [2.45, 2.75) is 39.8 Å². The Balaban J connectivity index is 0.000000362. The molecule has 1 unspecified atom stereocenters. The fourth-order valence-corrected chi connectivity index (χ4v) is 2.36. The fourth-order valence-electron chi connectivity index (χ4n) is 2.36. The van der Waals surface area contributed by atoms with Gasteiger partial charge in [-0.1, -0.05) is 50.2 Å². The monoisotopic (exact) mass is 388 g/mol. The van der Waals surface area contributed by atoms with Gasteiger partial charge in [0.2, 0.25) is 5.91 Å². The van der Waals surface area contributed by atoms with Gasteiger partial charge >= 0.3 is 0 Å². The summed E-state index contributed by atoms with van der Waals surface area (Å²) in [6.07, 6.45) is 0.537. The molecule has 0 heterocycles. The van der Waals surface area contributed by atoms with Crippen LogP contribution in [0.15, 0.2) is 53.6 Å². The van der Waals surface area contributed by atoms with E-state index in [0.29, 0.717) is 18.2 Å². The number of amidine groups is 1. The van der Waals surface area contributed by atoms with E-state index in [9.17, 15) is 9.18 Å². The van der Waals surface area contributed by atoms with Gasteiger partial charge in [-0.3, -0.25) is 4.79 Å². The van der Waals surface area contributed by atoms with Crippen molar-refractivity contribution >= 4 is 11.7 Å². The standard InChI is InChI=1S/C14H22N4O.C7H7FO/c1-9(2)8-13(19)17-10(3)11-4-6-12(7-5-11)14(15)18-16;8-7-3-1-6(5-9)2-4-7/h4-7,9-10H,8,16H2,1-3H3,(H2,15,18)(H,17,19);1-4,9H,5H2. The molecule has 6 N–H and O–H groups in total. The van der Waals surface area contributed by atoms with Crippen molar-refractivity contribution in [1.82, 2.24) is 5.32 Å². The molecule has 0 aliphatic carbocycles. The summed E-state index contributed by atoms with van der Waals surface area (Å²) in [6, 6.07) is 13.2. The molecule has 0 saturated carbocycles. The number of carbonyl (C=O) groups excluding carboxylic acids is 1. The molecule has 152 valence electrons. The van der Waals surface area contributed by atoms with Crippen LogP contribution in [0.1, 0.15) is 49.9 Å². The third kappa shape index (κ3) is 8.18. The van der Waals surface area contributed by atoms with Crippen LogP contribution in [-0.4, -0.2) is 16.8 Å². The van der Waals surface area contributed by atoms with Crippen LogP contribution in [0.2, 0.25) is 0 Å². The largest absolute Gasteiger partial charge is 0.392 e. The molecule has 0 radical (unpaired) electrons. The molecule has 0 aliphatic heterocycles. The van der Waals surface area contributed by atoms with Crippen LogP contribution in [0, 0.1) is 11.7 Å². The zero-order valence-electron chi connectivity index (χ0n) is 16.5. The molecule has 2 rings (SSSR count). The van der Waals surface area contributed by atoms with Crippen LogP contribution in [0.25, 0.3) is 0 Å². The summed E-state index contributed by atoms with van der Waals surface area (Å²) in [6.45, 7) is 5.97. The Labute approximate surface area is 165 Å². The van der Waals surface area contributed by atoms with Crippen molar-refractivity contribution in [2.75, 3.05) is 0 Å². The molecule has 0 bridgehead atoms. The quantitative estimate of drug-likeness (QED) is 0.264. The smallest absolute Gasteiger partial charge is 0.220 e. The van der Waals surface area contributed by atoms with Crippen LogP contribution in [0.3, 0.4) is 0 Å². The van der Waals surface area contributed by atoms with Gasteiger partial charge in [-0.25, -0.2) is 4.39 Å².